The third kappa shape index (κ3) is 4.18. The van der Waals surface area contributed by atoms with E-state index in [1.165, 1.54) is 12.1 Å². The molecule has 1 N–H and O–H groups in total. The highest BCUT2D eigenvalue weighted by Crippen LogP contribution is 2.44. The second-order valence-electron chi connectivity index (χ2n) is 6.23. The molecule has 1 aromatic heterocycles. The molecule has 15 heteroatoms. The number of carbonyl (C=O) groups is 1. The summed E-state index contributed by atoms with van der Waals surface area (Å²) in [4.78, 5) is 28.2. The molecule has 0 bridgehead atoms. The van der Waals surface area contributed by atoms with Crippen LogP contribution in [0.2, 0.25) is 0 Å². The number of fused-ring (bicyclic) bond motifs is 1. The number of benzene rings is 2. The van der Waals surface area contributed by atoms with Crippen molar-refractivity contribution in [3.05, 3.63) is 52.4 Å². The Morgan fingerprint density at radius 2 is 1.76 bits per heavy atom. The van der Waals surface area contributed by atoms with Gasteiger partial charge in [0.2, 0.25) is 0 Å². The van der Waals surface area contributed by atoms with E-state index in [4.69, 9.17) is 4.42 Å². The van der Waals surface area contributed by atoms with E-state index in [-0.39, 0.29) is 11.3 Å². The first-order valence-electron chi connectivity index (χ1n) is 8.61. The second-order valence-corrected chi connectivity index (χ2v) is 7.76. The van der Waals surface area contributed by atoms with E-state index in [0.29, 0.717) is 6.07 Å². The maximum absolute atomic E-state index is 15.4. The molecule has 3 aromatic rings. The minimum atomic E-state index is -6.43. The van der Waals surface area contributed by atoms with Crippen molar-refractivity contribution in [2.45, 2.75) is 5.51 Å². The number of nitrogens with one attached hydrogen (secondary N) is 1. The van der Waals surface area contributed by atoms with Crippen LogP contribution in [0.25, 0.3) is 22.3 Å². The van der Waals surface area contributed by atoms with E-state index in [1.807, 2.05) is 0 Å². The highest BCUT2D eigenvalue weighted by Gasteiger charge is 2.50. The minimum Gasteiger partial charge on any atom is -0.455 e. The molecule has 3 rings (SSSR count). The van der Waals surface area contributed by atoms with Crippen LogP contribution in [0, 0.1) is 16.5 Å². The lowest BCUT2D eigenvalue weighted by Crippen LogP contribution is -2.28. The third-order valence-electron chi connectivity index (χ3n) is 4.25. The van der Waals surface area contributed by atoms with Gasteiger partial charge in [-0.05, 0) is 24.3 Å². The van der Waals surface area contributed by atoms with E-state index in [2.05, 4.69) is 14.3 Å². The Labute approximate surface area is 181 Å². The minimum absolute atomic E-state index is 0.0586. The van der Waals surface area contributed by atoms with Gasteiger partial charge in [0.1, 0.15) is 17.2 Å². The molecule has 1 heterocycles. The van der Waals surface area contributed by atoms with Crippen LogP contribution in [0.5, 0.6) is 5.75 Å². The molecule has 2 aromatic carbocycles. The average molecular weight is 495 g/mol. The van der Waals surface area contributed by atoms with Gasteiger partial charge in [0.15, 0.2) is 12.9 Å². The van der Waals surface area contributed by atoms with Crippen molar-refractivity contribution in [1.82, 2.24) is 5.32 Å². The summed E-state index contributed by atoms with van der Waals surface area (Å²) < 4.78 is 99.5. The predicted molar refractivity (Wildman–Crippen MR) is 101 cm³/mol. The standard InChI is InChI=1S/C18H11F5N2O7S/c1-24-17(26)13-12-11(31-15(13)8-3-5-9(19)6-4-8)7-10(25(27)30-2)16(14(12)20)32-33(28,29)18(21,22)23/h3-7H,1-2H3/p+1. The number of carbonyl (C=O) groups excluding carboxylic acids is 1. The van der Waals surface area contributed by atoms with Gasteiger partial charge in [-0.25, -0.2) is 13.6 Å². The Hall–Kier alpha value is -3.75. The van der Waals surface area contributed by atoms with Gasteiger partial charge in [-0.2, -0.15) is 21.6 Å². The largest absolute Gasteiger partial charge is 0.534 e. The molecule has 0 aliphatic heterocycles. The van der Waals surface area contributed by atoms with Crippen molar-refractivity contribution in [1.29, 1.82) is 0 Å². The fraction of sp³-hybridized carbons (Fsp3) is 0.167. The van der Waals surface area contributed by atoms with Crippen molar-refractivity contribution < 1.29 is 53.5 Å². The summed E-state index contributed by atoms with van der Waals surface area (Å²) in [7, 11) is -4.52. The van der Waals surface area contributed by atoms with Crippen LogP contribution >= 0.6 is 0 Å². The highest BCUT2D eigenvalue weighted by atomic mass is 32.2. The molecule has 0 aliphatic rings. The lowest BCUT2D eigenvalue weighted by atomic mass is 10.0. The van der Waals surface area contributed by atoms with Crippen LogP contribution in [0.3, 0.4) is 0 Å². The number of hydrogen-bond donors (Lipinski definition) is 1. The Balaban J connectivity index is 2.42. The van der Waals surface area contributed by atoms with E-state index in [0.717, 1.165) is 26.3 Å². The lowest BCUT2D eigenvalue weighted by Gasteiger charge is -2.10. The Morgan fingerprint density at radius 1 is 1.15 bits per heavy atom. The molecule has 9 nitrogen and oxygen atoms in total. The monoisotopic (exact) mass is 495 g/mol. The molecular weight excluding hydrogens is 483 g/mol. The predicted octanol–water partition coefficient (Wildman–Crippen LogP) is 3.94. The number of hydrogen-bond acceptors (Lipinski definition) is 7. The second kappa shape index (κ2) is 8.31. The van der Waals surface area contributed by atoms with Crippen molar-refractivity contribution >= 4 is 32.7 Å². The summed E-state index contributed by atoms with van der Waals surface area (Å²) >= 11 is 0. The molecule has 0 spiro atoms. The number of alkyl halides is 3. The molecular formula is C18H12F5N2O7S+. The Morgan fingerprint density at radius 3 is 2.27 bits per heavy atom. The molecule has 33 heavy (non-hydrogen) atoms. The zero-order valence-electron chi connectivity index (χ0n) is 16.5. The summed E-state index contributed by atoms with van der Waals surface area (Å²) in [6, 6.07) is 4.94. The van der Waals surface area contributed by atoms with Crippen molar-refractivity contribution in [2.24, 2.45) is 0 Å². The summed E-state index contributed by atoms with van der Waals surface area (Å²) in [5, 5.41) is 1.38. The van der Waals surface area contributed by atoms with Gasteiger partial charge in [0.05, 0.1) is 21.9 Å². The normalized spacial score (nSPS) is 12.0. The van der Waals surface area contributed by atoms with Gasteiger partial charge in [-0.1, -0.05) is 0 Å². The van der Waals surface area contributed by atoms with Crippen LogP contribution in [-0.4, -0.2) is 38.9 Å². The number of halogens is 5. The van der Waals surface area contributed by atoms with E-state index in [1.54, 1.807) is 0 Å². The number of furan rings is 1. The molecule has 1 amide bonds. The molecule has 0 saturated heterocycles. The van der Waals surface area contributed by atoms with Crippen molar-refractivity contribution in [3.63, 3.8) is 0 Å². The SMILES string of the molecule is CNC(=O)c1c(-c2ccc(F)cc2)oc2cc([N+](=O)OC)c(OS(=O)(=O)C(F)(F)F)c(F)c12. The average Bonchev–Trinajstić information content (AvgIpc) is 3.13. The van der Waals surface area contributed by atoms with Crippen molar-refractivity contribution in [3.8, 4) is 17.1 Å². The van der Waals surface area contributed by atoms with Crippen molar-refractivity contribution in [2.75, 3.05) is 14.2 Å². The molecule has 0 fully saturated rings. The fourth-order valence-corrected chi connectivity index (χ4v) is 3.27. The van der Waals surface area contributed by atoms with E-state index in [9.17, 15) is 35.7 Å². The quantitative estimate of drug-likeness (QED) is 0.238. The number of rotatable bonds is 6. The summed E-state index contributed by atoms with van der Waals surface area (Å²) in [5.41, 5.74) is -8.17. The molecule has 0 atom stereocenters. The van der Waals surface area contributed by atoms with E-state index >= 15 is 4.39 Å². The summed E-state index contributed by atoms with van der Waals surface area (Å²) in [6.07, 6.45) is 0. The van der Waals surface area contributed by atoms with Crippen LogP contribution in [0.15, 0.2) is 34.7 Å². The van der Waals surface area contributed by atoms with Crippen LogP contribution < -0.4 is 9.50 Å². The van der Waals surface area contributed by atoms with Crippen LogP contribution in [-0.2, 0) is 15.0 Å². The fourth-order valence-electron chi connectivity index (χ4n) is 2.80. The van der Waals surface area contributed by atoms with E-state index < -0.39 is 66.1 Å². The Bertz CT molecular complexity index is 1370. The van der Waals surface area contributed by atoms with Gasteiger partial charge in [0.25, 0.3) is 16.6 Å². The molecule has 176 valence electrons. The first-order valence-corrected chi connectivity index (χ1v) is 10.0. The summed E-state index contributed by atoms with van der Waals surface area (Å²) in [5.74, 6) is -5.51. The molecule has 0 saturated carbocycles. The zero-order chi connectivity index (χ0) is 24.7. The van der Waals surface area contributed by atoms with Gasteiger partial charge < -0.3 is 13.9 Å². The maximum Gasteiger partial charge on any atom is 0.534 e. The van der Waals surface area contributed by atoms with Crippen LogP contribution in [0.4, 0.5) is 27.6 Å². The first kappa shape index (κ1) is 23.9. The van der Waals surface area contributed by atoms with Gasteiger partial charge in [-0.15, -0.1) is 0 Å². The zero-order valence-corrected chi connectivity index (χ0v) is 17.3. The third-order valence-corrected chi connectivity index (χ3v) is 5.21. The lowest BCUT2D eigenvalue weighted by molar-refractivity contribution is -0.736. The topological polar surface area (TPSA) is 115 Å². The first-order chi connectivity index (χ1) is 15.3. The summed E-state index contributed by atoms with van der Waals surface area (Å²) in [6.45, 7) is 0. The highest BCUT2D eigenvalue weighted by molar-refractivity contribution is 7.88. The van der Waals surface area contributed by atoms with Gasteiger partial charge >= 0.3 is 21.3 Å². The smallest absolute Gasteiger partial charge is 0.455 e. The van der Waals surface area contributed by atoms with Crippen LogP contribution in [0.1, 0.15) is 10.4 Å². The number of nitrogens with zero attached hydrogens (tertiary/aromatic N) is 1. The number of amides is 1. The van der Waals surface area contributed by atoms with Gasteiger partial charge in [0, 0.05) is 12.6 Å². The molecule has 0 radical (unpaired) electrons. The molecule has 0 aliphatic carbocycles. The molecule has 0 unspecified atom stereocenters. The Kier molecular flexibility index (Phi) is 6.02. The van der Waals surface area contributed by atoms with Gasteiger partial charge in [-0.3, -0.25) is 4.79 Å². The maximum atomic E-state index is 15.4.